The number of hydrogen-bond acceptors (Lipinski definition) is 5. The predicted octanol–water partition coefficient (Wildman–Crippen LogP) is 2.33. The van der Waals surface area contributed by atoms with Crippen LogP contribution in [0.4, 0.5) is 5.69 Å². The van der Waals surface area contributed by atoms with Gasteiger partial charge in [0.15, 0.2) is 0 Å². The van der Waals surface area contributed by atoms with Crippen LogP contribution < -0.4 is 9.44 Å². The molecular formula is C17H23N3O3S2. The van der Waals surface area contributed by atoms with Crippen molar-refractivity contribution in [3.8, 4) is 0 Å². The van der Waals surface area contributed by atoms with E-state index in [2.05, 4.69) is 14.4 Å². The summed E-state index contributed by atoms with van der Waals surface area (Å²) in [5, 5.41) is 0. The minimum atomic E-state index is -3.43. The van der Waals surface area contributed by atoms with Gasteiger partial charge in [0, 0.05) is 18.9 Å². The Hall–Kier alpha value is -1.74. The van der Waals surface area contributed by atoms with Crippen molar-refractivity contribution in [3.05, 3.63) is 59.9 Å². The van der Waals surface area contributed by atoms with Crippen LogP contribution in [-0.4, -0.2) is 31.3 Å². The third kappa shape index (κ3) is 7.35. The average molecular weight is 382 g/mol. The van der Waals surface area contributed by atoms with E-state index in [-0.39, 0.29) is 12.4 Å². The van der Waals surface area contributed by atoms with Crippen molar-refractivity contribution in [2.45, 2.75) is 19.9 Å². The molecule has 1 aromatic carbocycles. The quantitative estimate of drug-likeness (QED) is 0.334. The molecule has 0 amide bonds. The highest BCUT2D eigenvalue weighted by Crippen LogP contribution is 2.16. The molecule has 0 aliphatic heterocycles. The van der Waals surface area contributed by atoms with E-state index in [0.29, 0.717) is 12.2 Å². The molecule has 0 radical (unpaired) electrons. The number of ether oxygens (including phenoxy) is 1. The lowest BCUT2D eigenvalue weighted by molar-refractivity contribution is 0.352. The summed E-state index contributed by atoms with van der Waals surface area (Å²) in [6.45, 7) is 2.76. The molecule has 1 heterocycles. The number of aryl methyl sites for hydroxylation is 1. The number of aromatic nitrogens is 1. The maximum absolute atomic E-state index is 12.1. The number of sulfonamides is 1. The molecule has 0 saturated carbocycles. The van der Waals surface area contributed by atoms with E-state index < -0.39 is 10.0 Å². The van der Waals surface area contributed by atoms with E-state index in [0.717, 1.165) is 29.1 Å². The van der Waals surface area contributed by atoms with Crippen molar-refractivity contribution < 1.29 is 13.2 Å². The van der Waals surface area contributed by atoms with Gasteiger partial charge in [-0.15, -0.1) is 11.5 Å². The predicted molar refractivity (Wildman–Crippen MR) is 105 cm³/mol. The van der Waals surface area contributed by atoms with Crippen LogP contribution in [-0.2, 0) is 27.7 Å². The van der Waals surface area contributed by atoms with Crippen LogP contribution in [0.5, 0.6) is 0 Å². The smallest absolute Gasteiger partial charge is 0.235 e. The fourth-order valence-corrected chi connectivity index (χ4v) is 3.55. The zero-order valence-corrected chi connectivity index (χ0v) is 15.8. The first-order valence-electron chi connectivity index (χ1n) is 7.94. The molecule has 136 valence electrons. The van der Waals surface area contributed by atoms with E-state index >= 15 is 0 Å². The SMILES string of the molecule is CCc1ccccc1NS(=O)(=O)CCOC=[SH]NCc1cccnc1. The minimum absolute atomic E-state index is 0.0975. The standard InChI is InChI=1S/C17H23N3O3S2/c1-2-16-7-3-4-8-17(16)20-25(21,22)11-10-23-14-24-19-13-15-6-5-9-18-12-15/h3-9,12,14,19-20,24H,2,10-11,13H2,1H3. The summed E-state index contributed by atoms with van der Waals surface area (Å²) in [7, 11) is -3.43. The van der Waals surface area contributed by atoms with Crippen molar-refractivity contribution in [1.82, 2.24) is 9.71 Å². The normalized spacial score (nSPS) is 12.0. The Balaban J connectivity index is 1.70. The van der Waals surface area contributed by atoms with Gasteiger partial charge in [0.1, 0.15) is 0 Å². The second-order valence-electron chi connectivity index (χ2n) is 5.23. The van der Waals surface area contributed by atoms with Gasteiger partial charge in [-0.1, -0.05) is 31.2 Å². The van der Waals surface area contributed by atoms with Gasteiger partial charge in [-0.25, -0.2) is 8.42 Å². The fraction of sp³-hybridized carbons (Fsp3) is 0.294. The second kappa shape index (κ2) is 10.3. The fourth-order valence-electron chi connectivity index (χ4n) is 2.07. The largest absolute Gasteiger partial charge is 0.346 e. The lowest BCUT2D eigenvalue weighted by atomic mass is 10.1. The van der Waals surface area contributed by atoms with Gasteiger partial charge in [-0.05, 0) is 29.7 Å². The topological polar surface area (TPSA) is 80.3 Å². The zero-order chi connectivity index (χ0) is 18.0. The van der Waals surface area contributed by atoms with E-state index in [1.165, 1.54) is 0 Å². The van der Waals surface area contributed by atoms with Gasteiger partial charge in [-0.3, -0.25) is 14.4 Å². The number of nitrogens with one attached hydrogen (secondary N) is 2. The van der Waals surface area contributed by atoms with E-state index in [1.807, 2.05) is 37.3 Å². The van der Waals surface area contributed by atoms with Crippen molar-refractivity contribution in [2.24, 2.45) is 0 Å². The van der Waals surface area contributed by atoms with Crippen LogP contribution in [0.2, 0.25) is 0 Å². The van der Waals surface area contributed by atoms with Crippen molar-refractivity contribution >= 4 is 32.8 Å². The summed E-state index contributed by atoms with van der Waals surface area (Å²) in [6, 6.07) is 11.2. The number of para-hydroxylation sites is 1. The Morgan fingerprint density at radius 1 is 1.24 bits per heavy atom. The van der Waals surface area contributed by atoms with Gasteiger partial charge in [0.25, 0.3) is 0 Å². The number of pyridine rings is 1. The van der Waals surface area contributed by atoms with Gasteiger partial charge >= 0.3 is 0 Å². The average Bonchev–Trinajstić information content (AvgIpc) is 2.62. The summed E-state index contributed by atoms with van der Waals surface area (Å²) >= 11 is 0.775. The van der Waals surface area contributed by atoms with Crippen LogP contribution in [0.3, 0.4) is 0 Å². The maximum atomic E-state index is 12.1. The first-order chi connectivity index (χ1) is 12.1. The molecule has 25 heavy (non-hydrogen) atoms. The summed E-state index contributed by atoms with van der Waals surface area (Å²) in [5.41, 5.74) is 4.22. The Labute approximate surface area is 152 Å². The van der Waals surface area contributed by atoms with Crippen molar-refractivity contribution in [1.29, 1.82) is 0 Å². The van der Waals surface area contributed by atoms with Crippen LogP contribution in [0.1, 0.15) is 18.1 Å². The Bertz CT molecular complexity index is 781. The molecule has 0 bridgehead atoms. The molecule has 2 N–H and O–H groups in total. The monoisotopic (exact) mass is 381 g/mol. The van der Waals surface area contributed by atoms with Crippen LogP contribution in [0.15, 0.2) is 48.8 Å². The molecule has 0 unspecified atom stereocenters. The number of rotatable bonds is 10. The molecule has 1 aromatic heterocycles. The van der Waals surface area contributed by atoms with Gasteiger partial charge in [-0.2, -0.15) is 0 Å². The summed E-state index contributed by atoms with van der Waals surface area (Å²) in [4.78, 5) is 4.03. The van der Waals surface area contributed by atoms with Crippen LogP contribution >= 0.6 is 11.5 Å². The number of hydrogen-bond donors (Lipinski definition) is 3. The maximum Gasteiger partial charge on any atom is 0.235 e. The van der Waals surface area contributed by atoms with Crippen LogP contribution in [0, 0.1) is 0 Å². The molecule has 2 aromatic rings. The summed E-state index contributed by atoms with van der Waals surface area (Å²) in [6.07, 6.45) is 4.28. The van der Waals surface area contributed by atoms with E-state index in [1.54, 1.807) is 24.0 Å². The van der Waals surface area contributed by atoms with Crippen molar-refractivity contribution in [2.75, 3.05) is 17.1 Å². The van der Waals surface area contributed by atoms with Gasteiger partial charge < -0.3 is 4.74 Å². The lowest BCUT2D eigenvalue weighted by Crippen LogP contribution is -2.20. The number of benzene rings is 1. The summed E-state index contributed by atoms with van der Waals surface area (Å²) < 4.78 is 35.2. The van der Waals surface area contributed by atoms with Gasteiger partial charge in [0.05, 0.1) is 23.6 Å². The summed E-state index contributed by atoms with van der Waals surface area (Å²) in [5.74, 6) is -0.0975. The zero-order valence-electron chi connectivity index (χ0n) is 14.1. The highest BCUT2D eigenvalue weighted by molar-refractivity contribution is 7.95. The number of nitrogens with zero attached hydrogens (tertiary/aromatic N) is 1. The Morgan fingerprint density at radius 2 is 2.08 bits per heavy atom. The van der Waals surface area contributed by atoms with E-state index in [9.17, 15) is 8.42 Å². The molecule has 0 aliphatic carbocycles. The molecule has 0 aliphatic rings. The number of anilines is 1. The molecule has 0 fully saturated rings. The number of thiol groups is 1. The first kappa shape index (κ1) is 19.6. The molecule has 8 heteroatoms. The van der Waals surface area contributed by atoms with E-state index in [4.69, 9.17) is 4.74 Å². The third-order valence-corrected chi connectivity index (χ3v) is 5.19. The molecule has 2 rings (SSSR count). The first-order valence-corrected chi connectivity index (χ1v) is 10.6. The second-order valence-corrected chi connectivity index (χ2v) is 7.86. The lowest BCUT2D eigenvalue weighted by Gasteiger charge is -2.11. The Kier molecular flexibility index (Phi) is 8.07. The molecule has 0 atom stereocenters. The minimum Gasteiger partial charge on any atom is -0.346 e. The van der Waals surface area contributed by atoms with Crippen molar-refractivity contribution in [3.63, 3.8) is 0 Å². The third-order valence-electron chi connectivity index (χ3n) is 3.36. The molecule has 0 saturated heterocycles. The molecule has 6 nitrogen and oxygen atoms in total. The Morgan fingerprint density at radius 3 is 2.84 bits per heavy atom. The van der Waals surface area contributed by atoms with Gasteiger partial charge in [0.2, 0.25) is 10.0 Å². The highest BCUT2D eigenvalue weighted by Gasteiger charge is 2.11. The highest BCUT2D eigenvalue weighted by atomic mass is 32.2. The molecule has 0 spiro atoms. The molecular weight excluding hydrogens is 358 g/mol. The van der Waals surface area contributed by atoms with Crippen LogP contribution in [0.25, 0.3) is 0 Å².